The monoisotopic (exact) mass is 432 g/mol. The van der Waals surface area contributed by atoms with Gasteiger partial charge in [-0.25, -0.2) is 9.80 Å². The Hall–Kier alpha value is -3.87. The standard InChI is InChI=1S/C25H24N2O5/c1-17-9-11-19(12-10-17)20-14-21(23-8-5-13-30-23)27(26-20)24(28)15-32-25(29)16-31-22-7-4-3-6-18(22)2/h3-13,21H,14-16H2,1-2H3/t21-/m1/s1. The Morgan fingerprint density at radius 3 is 2.53 bits per heavy atom. The molecule has 164 valence electrons. The number of carbonyl (C=O) groups excluding carboxylic acids is 2. The second kappa shape index (κ2) is 9.51. The van der Waals surface area contributed by atoms with Gasteiger partial charge in [0.2, 0.25) is 0 Å². The van der Waals surface area contributed by atoms with Crippen LogP contribution in [0.25, 0.3) is 0 Å². The number of nitrogens with zero attached hydrogens (tertiary/aromatic N) is 2. The number of hydrogen-bond acceptors (Lipinski definition) is 6. The van der Waals surface area contributed by atoms with Crippen LogP contribution in [0, 0.1) is 13.8 Å². The van der Waals surface area contributed by atoms with Crippen molar-refractivity contribution in [3.05, 3.63) is 89.4 Å². The fourth-order valence-electron chi connectivity index (χ4n) is 3.47. The highest BCUT2D eigenvalue weighted by Gasteiger charge is 2.35. The molecule has 1 aromatic heterocycles. The van der Waals surface area contributed by atoms with Crippen LogP contribution in [0.3, 0.4) is 0 Å². The van der Waals surface area contributed by atoms with Crippen LogP contribution in [0.5, 0.6) is 5.75 Å². The summed E-state index contributed by atoms with van der Waals surface area (Å²) >= 11 is 0. The number of para-hydroxylation sites is 1. The van der Waals surface area contributed by atoms with E-state index in [0.717, 1.165) is 22.4 Å². The van der Waals surface area contributed by atoms with Crippen molar-refractivity contribution >= 4 is 17.6 Å². The zero-order valence-electron chi connectivity index (χ0n) is 18.0. The second-order valence-electron chi connectivity index (χ2n) is 7.60. The van der Waals surface area contributed by atoms with Gasteiger partial charge in [-0.3, -0.25) is 4.79 Å². The van der Waals surface area contributed by atoms with Crippen LogP contribution < -0.4 is 4.74 Å². The minimum absolute atomic E-state index is 0.280. The van der Waals surface area contributed by atoms with Gasteiger partial charge in [0.05, 0.1) is 12.0 Å². The normalized spacial score (nSPS) is 15.4. The Morgan fingerprint density at radius 2 is 1.81 bits per heavy atom. The molecule has 0 N–H and O–H groups in total. The second-order valence-corrected chi connectivity index (χ2v) is 7.60. The van der Waals surface area contributed by atoms with Crippen LogP contribution in [0.15, 0.2) is 76.4 Å². The number of amides is 1. The van der Waals surface area contributed by atoms with Crippen molar-refractivity contribution in [3.63, 3.8) is 0 Å². The maximum Gasteiger partial charge on any atom is 0.344 e. The Labute approximate surface area is 186 Å². The van der Waals surface area contributed by atoms with Gasteiger partial charge in [0, 0.05) is 6.42 Å². The van der Waals surface area contributed by atoms with Gasteiger partial charge in [-0.1, -0.05) is 48.0 Å². The largest absolute Gasteiger partial charge is 0.482 e. The summed E-state index contributed by atoms with van der Waals surface area (Å²) in [6.07, 6.45) is 2.07. The average Bonchev–Trinajstić information content (AvgIpc) is 3.47. The van der Waals surface area contributed by atoms with E-state index >= 15 is 0 Å². The summed E-state index contributed by atoms with van der Waals surface area (Å²) in [5.74, 6) is 0.162. The zero-order chi connectivity index (χ0) is 22.5. The molecule has 3 aromatic rings. The molecule has 1 atom stereocenters. The van der Waals surface area contributed by atoms with Crippen molar-refractivity contribution in [2.24, 2.45) is 5.10 Å². The molecule has 2 heterocycles. The van der Waals surface area contributed by atoms with Gasteiger partial charge in [-0.05, 0) is 43.2 Å². The molecule has 0 saturated heterocycles. The Kier molecular flexibility index (Phi) is 6.35. The Bertz CT molecular complexity index is 1120. The van der Waals surface area contributed by atoms with Crippen molar-refractivity contribution in [1.29, 1.82) is 0 Å². The number of carbonyl (C=O) groups is 2. The lowest BCUT2D eigenvalue weighted by Crippen LogP contribution is -2.32. The Balaban J connectivity index is 1.41. The molecule has 7 nitrogen and oxygen atoms in total. The van der Waals surface area contributed by atoms with E-state index in [1.54, 1.807) is 24.5 Å². The molecule has 7 heteroatoms. The van der Waals surface area contributed by atoms with Crippen LogP contribution in [-0.4, -0.2) is 35.8 Å². The first kappa shape index (κ1) is 21.4. The molecule has 0 radical (unpaired) electrons. The fraction of sp³-hybridized carbons (Fsp3) is 0.240. The summed E-state index contributed by atoms with van der Waals surface area (Å²) in [5, 5.41) is 5.86. The average molecular weight is 432 g/mol. The quantitative estimate of drug-likeness (QED) is 0.523. The predicted octanol–water partition coefficient (Wildman–Crippen LogP) is 4.20. The van der Waals surface area contributed by atoms with Crippen molar-refractivity contribution in [2.45, 2.75) is 26.3 Å². The van der Waals surface area contributed by atoms with Gasteiger partial charge in [0.25, 0.3) is 5.91 Å². The predicted molar refractivity (Wildman–Crippen MR) is 118 cm³/mol. The van der Waals surface area contributed by atoms with Gasteiger partial charge < -0.3 is 13.9 Å². The highest BCUT2D eigenvalue weighted by atomic mass is 16.6. The molecule has 0 fully saturated rings. The molecular formula is C25H24N2O5. The SMILES string of the molecule is Cc1ccc(C2=NN(C(=O)COC(=O)COc3ccccc3C)[C@@H](c3ccco3)C2)cc1. The van der Waals surface area contributed by atoms with Gasteiger partial charge in [-0.15, -0.1) is 0 Å². The first-order valence-electron chi connectivity index (χ1n) is 10.4. The summed E-state index contributed by atoms with van der Waals surface area (Å²) in [4.78, 5) is 25.0. The van der Waals surface area contributed by atoms with E-state index in [-0.39, 0.29) is 6.61 Å². The number of ether oxygens (including phenoxy) is 2. The van der Waals surface area contributed by atoms with E-state index in [9.17, 15) is 9.59 Å². The van der Waals surface area contributed by atoms with Gasteiger partial charge in [0.15, 0.2) is 13.2 Å². The maximum atomic E-state index is 12.9. The van der Waals surface area contributed by atoms with Gasteiger partial charge >= 0.3 is 5.97 Å². The zero-order valence-corrected chi connectivity index (χ0v) is 18.0. The molecule has 1 aliphatic rings. The van der Waals surface area contributed by atoms with Crippen molar-refractivity contribution in [2.75, 3.05) is 13.2 Å². The maximum absolute atomic E-state index is 12.9. The summed E-state index contributed by atoms with van der Waals surface area (Å²) in [6.45, 7) is 3.18. The summed E-state index contributed by atoms with van der Waals surface area (Å²) in [7, 11) is 0. The third-order valence-electron chi connectivity index (χ3n) is 5.22. The minimum Gasteiger partial charge on any atom is -0.482 e. The number of hydrogen-bond donors (Lipinski definition) is 0. The lowest BCUT2D eigenvalue weighted by atomic mass is 10.0. The summed E-state index contributed by atoms with van der Waals surface area (Å²) in [6, 6.07) is 18.5. The lowest BCUT2D eigenvalue weighted by molar-refractivity contribution is -0.154. The number of aryl methyl sites for hydroxylation is 2. The van der Waals surface area contributed by atoms with Crippen LogP contribution >= 0.6 is 0 Å². The number of furan rings is 1. The molecule has 0 bridgehead atoms. The third kappa shape index (κ3) is 4.88. The molecule has 1 aliphatic heterocycles. The number of hydrazone groups is 1. The van der Waals surface area contributed by atoms with Gasteiger partial charge in [0.1, 0.15) is 17.6 Å². The van der Waals surface area contributed by atoms with Crippen LogP contribution in [0.1, 0.15) is 34.9 Å². The first-order chi connectivity index (χ1) is 15.5. The first-order valence-corrected chi connectivity index (χ1v) is 10.4. The summed E-state index contributed by atoms with van der Waals surface area (Å²) < 4.78 is 16.2. The molecule has 2 aromatic carbocycles. The van der Waals surface area contributed by atoms with E-state index in [4.69, 9.17) is 13.9 Å². The number of rotatable bonds is 7. The Morgan fingerprint density at radius 1 is 1.03 bits per heavy atom. The number of esters is 1. The highest BCUT2D eigenvalue weighted by Crippen LogP contribution is 2.33. The minimum atomic E-state index is -0.627. The molecule has 32 heavy (non-hydrogen) atoms. The molecule has 1 amide bonds. The molecular weight excluding hydrogens is 408 g/mol. The van der Waals surface area contributed by atoms with Crippen LogP contribution in [0.2, 0.25) is 0 Å². The van der Waals surface area contributed by atoms with E-state index in [0.29, 0.717) is 17.9 Å². The van der Waals surface area contributed by atoms with Crippen LogP contribution in [-0.2, 0) is 14.3 Å². The van der Waals surface area contributed by atoms with E-state index < -0.39 is 24.5 Å². The van der Waals surface area contributed by atoms with E-state index in [2.05, 4.69) is 5.10 Å². The summed E-state index contributed by atoms with van der Waals surface area (Å²) in [5.41, 5.74) is 3.76. The molecule has 0 aliphatic carbocycles. The van der Waals surface area contributed by atoms with Crippen LogP contribution in [0.4, 0.5) is 0 Å². The molecule has 0 unspecified atom stereocenters. The molecule has 0 saturated carbocycles. The smallest absolute Gasteiger partial charge is 0.344 e. The molecule has 0 spiro atoms. The lowest BCUT2D eigenvalue weighted by Gasteiger charge is -2.19. The third-order valence-corrected chi connectivity index (χ3v) is 5.22. The van der Waals surface area contributed by atoms with Gasteiger partial charge in [-0.2, -0.15) is 5.10 Å². The van der Waals surface area contributed by atoms with Crippen molar-refractivity contribution < 1.29 is 23.5 Å². The fourth-order valence-corrected chi connectivity index (χ4v) is 3.47. The molecule has 4 rings (SSSR count). The topological polar surface area (TPSA) is 81.3 Å². The van der Waals surface area contributed by atoms with Crippen molar-refractivity contribution in [1.82, 2.24) is 5.01 Å². The van der Waals surface area contributed by atoms with E-state index in [1.165, 1.54) is 5.01 Å². The van der Waals surface area contributed by atoms with E-state index in [1.807, 2.05) is 56.3 Å². The van der Waals surface area contributed by atoms with Crippen molar-refractivity contribution in [3.8, 4) is 5.75 Å². The number of benzene rings is 2. The highest BCUT2D eigenvalue weighted by molar-refractivity contribution is 6.03.